The largest absolute Gasteiger partial charge is 0.476 e. The Bertz CT molecular complexity index is 1380. The molecule has 14 heteroatoms. The zero-order chi connectivity index (χ0) is 29.0. The maximum absolute atomic E-state index is 14.1. The van der Waals surface area contributed by atoms with Gasteiger partial charge in [0.2, 0.25) is 11.8 Å². The molecule has 5 rings (SSSR count). The van der Waals surface area contributed by atoms with Gasteiger partial charge in [-0.3, -0.25) is 14.1 Å². The van der Waals surface area contributed by atoms with Crippen molar-refractivity contribution in [3.63, 3.8) is 0 Å². The number of aliphatic hydroxyl groups is 1. The van der Waals surface area contributed by atoms with Crippen LogP contribution in [0.25, 0.3) is 11.2 Å². The minimum absolute atomic E-state index is 0.00187. The topological polar surface area (TPSA) is 168 Å². The van der Waals surface area contributed by atoms with Gasteiger partial charge in [0.25, 0.3) is 0 Å². The van der Waals surface area contributed by atoms with Gasteiger partial charge in [-0.1, -0.05) is 43.9 Å². The zero-order valence-electron chi connectivity index (χ0n) is 23.4. The summed E-state index contributed by atoms with van der Waals surface area (Å²) in [6, 6.07) is 8.85. The van der Waals surface area contributed by atoms with Gasteiger partial charge in [-0.25, -0.2) is 14.6 Å². The molecular formula is C27H38N7O6P. The predicted molar refractivity (Wildman–Crippen MR) is 154 cm³/mol. The molecule has 3 heterocycles. The lowest BCUT2D eigenvalue weighted by Crippen LogP contribution is -2.43. The molecule has 2 aliphatic rings. The Morgan fingerprint density at radius 1 is 1.24 bits per heavy atom. The summed E-state index contributed by atoms with van der Waals surface area (Å²) in [5.41, 5.74) is 5.45. The summed E-state index contributed by atoms with van der Waals surface area (Å²) in [5, 5.41) is 14.5. The summed E-state index contributed by atoms with van der Waals surface area (Å²) in [4.78, 5) is 17.1. The highest BCUT2D eigenvalue weighted by atomic mass is 31.2. The lowest BCUT2D eigenvalue weighted by molar-refractivity contribution is -0.0423. The molecule has 1 aliphatic heterocycles. The normalized spacial score (nSPS) is 26.9. The number of para-hydroxylation sites is 1. The summed E-state index contributed by atoms with van der Waals surface area (Å²) in [6.07, 6.45) is 4.62. The molecule has 1 saturated heterocycles. The number of anilines is 1. The minimum atomic E-state index is -3.86. The number of rotatable bonds is 11. The molecule has 13 nitrogen and oxygen atoms in total. The van der Waals surface area contributed by atoms with Crippen LogP contribution >= 0.6 is 7.75 Å². The van der Waals surface area contributed by atoms with E-state index in [2.05, 4.69) is 31.7 Å². The molecule has 4 N–H and O–H groups in total. The number of nitrogens with zero attached hydrogens (tertiary/aromatic N) is 5. The van der Waals surface area contributed by atoms with Gasteiger partial charge in [-0.05, 0) is 45.5 Å². The number of imidazole rings is 1. The molecule has 0 spiro atoms. The highest BCUT2D eigenvalue weighted by molar-refractivity contribution is 7.52. The Morgan fingerprint density at radius 2 is 1.98 bits per heavy atom. The van der Waals surface area contributed by atoms with Crippen molar-refractivity contribution in [3.8, 4) is 11.6 Å². The fourth-order valence-corrected chi connectivity index (χ4v) is 7.01. The molecule has 1 aliphatic carbocycles. The quantitative estimate of drug-likeness (QED) is 0.168. The van der Waals surface area contributed by atoms with E-state index >= 15 is 0 Å². The number of hydrogen-bond donors (Lipinski definition) is 3. The Balaban J connectivity index is 1.39. The lowest BCUT2D eigenvalue weighted by atomic mass is 9.93. The molecule has 0 bridgehead atoms. The number of hydrogen-bond acceptors (Lipinski definition) is 11. The maximum atomic E-state index is 14.1. The van der Waals surface area contributed by atoms with Crippen molar-refractivity contribution < 1.29 is 28.2 Å². The molecule has 2 aromatic heterocycles. The molecule has 3 aromatic rings. The van der Waals surface area contributed by atoms with E-state index < -0.39 is 31.7 Å². The van der Waals surface area contributed by atoms with Gasteiger partial charge in [-0.2, -0.15) is 9.97 Å². The molecule has 222 valence electrons. The van der Waals surface area contributed by atoms with Gasteiger partial charge >= 0.3 is 7.75 Å². The van der Waals surface area contributed by atoms with Gasteiger partial charge in [0.15, 0.2) is 17.4 Å². The molecule has 0 amide bonds. The van der Waals surface area contributed by atoms with Crippen molar-refractivity contribution in [1.82, 2.24) is 24.6 Å². The molecular weight excluding hydrogens is 549 g/mol. The lowest BCUT2D eigenvalue weighted by Gasteiger charge is -2.29. The average Bonchev–Trinajstić information content (AvgIpc) is 3.35. The van der Waals surface area contributed by atoms with Crippen LogP contribution < -0.4 is 20.1 Å². The molecule has 1 unspecified atom stereocenters. The minimum Gasteiger partial charge on any atom is -0.476 e. The van der Waals surface area contributed by atoms with Crippen LogP contribution in [0.2, 0.25) is 0 Å². The maximum Gasteiger partial charge on any atom is 0.459 e. The van der Waals surface area contributed by atoms with Gasteiger partial charge in [0.1, 0.15) is 23.5 Å². The van der Waals surface area contributed by atoms with E-state index in [1.165, 1.54) is 6.33 Å². The Hall–Kier alpha value is -3.09. The third-order valence-corrected chi connectivity index (χ3v) is 9.23. The van der Waals surface area contributed by atoms with Gasteiger partial charge in [0, 0.05) is 6.04 Å². The fraction of sp³-hybridized carbons (Fsp3) is 0.556. The standard InChI is InChI=1S/C27H38N7O6P/c1-4-37-24-21-23(31-26(28)32-24)34(17-30-21)25-27(2,29-3)22(35)20(39-25)16-38-41(36,40-19-14-10-7-11-15-19)33-18-12-8-5-6-9-13-18/h7,10-11,14-15,17-18,20,22,25,35H,3-6,8-9,12-13,16H2,1-2H3,(H,33,36)(H2,28,31,32)/t20-,22-,25-,27-,41?/m1/s1. The number of aliphatic hydroxyl groups excluding tert-OH is 1. The van der Waals surface area contributed by atoms with Crippen molar-refractivity contribution >= 4 is 31.6 Å². The zero-order valence-corrected chi connectivity index (χ0v) is 24.3. The second-order valence-electron chi connectivity index (χ2n) is 10.5. The van der Waals surface area contributed by atoms with E-state index in [1.807, 2.05) is 13.0 Å². The second-order valence-corrected chi connectivity index (χ2v) is 12.2. The molecule has 2 fully saturated rings. The summed E-state index contributed by atoms with van der Waals surface area (Å²) in [5.74, 6) is 0.648. The number of fused-ring (bicyclic) bond motifs is 1. The van der Waals surface area contributed by atoms with E-state index in [-0.39, 0.29) is 24.5 Å². The van der Waals surface area contributed by atoms with Crippen LogP contribution in [-0.2, 0) is 13.8 Å². The van der Waals surface area contributed by atoms with E-state index in [1.54, 1.807) is 35.8 Å². The average molecular weight is 588 g/mol. The number of aliphatic imine (C=N–C) groups is 1. The van der Waals surface area contributed by atoms with Crippen LogP contribution in [0, 0.1) is 0 Å². The van der Waals surface area contributed by atoms with Crippen molar-refractivity contribution in [2.45, 2.75) is 82.4 Å². The van der Waals surface area contributed by atoms with Crippen molar-refractivity contribution in [1.29, 1.82) is 0 Å². The van der Waals surface area contributed by atoms with E-state index in [4.69, 9.17) is 24.3 Å². The number of nitrogen functional groups attached to an aromatic ring is 1. The summed E-state index contributed by atoms with van der Waals surface area (Å²) >= 11 is 0. The van der Waals surface area contributed by atoms with Gasteiger partial charge in [0.05, 0.1) is 19.5 Å². The highest BCUT2D eigenvalue weighted by Crippen LogP contribution is 2.48. The van der Waals surface area contributed by atoms with Crippen molar-refractivity contribution in [2.24, 2.45) is 4.99 Å². The second kappa shape index (κ2) is 12.4. The first-order chi connectivity index (χ1) is 19.8. The Labute approximate surface area is 239 Å². The molecule has 0 radical (unpaired) electrons. The first kappa shape index (κ1) is 29.4. The summed E-state index contributed by atoms with van der Waals surface area (Å²) in [7, 11) is -3.86. The number of aromatic nitrogens is 4. The van der Waals surface area contributed by atoms with Crippen LogP contribution in [0.15, 0.2) is 41.7 Å². The summed E-state index contributed by atoms with van der Waals surface area (Å²) < 4.78 is 39.5. The predicted octanol–water partition coefficient (Wildman–Crippen LogP) is 4.04. The number of nitrogens with one attached hydrogen (secondary N) is 1. The molecule has 1 saturated carbocycles. The van der Waals surface area contributed by atoms with Crippen LogP contribution in [0.3, 0.4) is 0 Å². The van der Waals surface area contributed by atoms with Crippen LogP contribution in [0.5, 0.6) is 11.6 Å². The third kappa shape index (κ3) is 6.24. The first-order valence-corrected chi connectivity index (χ1v) is 15.5. The Kier molecular flexibility index (Phi) is 8.91. The number of ether oxygens (including phenoxy) is 2. The van der Waals surface area contributed by atoms with Crippen molar-refractivity contribution in [3.05, 3.63) is 36.7 Å². The smallest absolute Gasteiger partial charge is 0.459 e. The monoisotopic (exact) mass is 587 g/mol. The SMILES string of the molecule is C=N[C@]1(C)[C@H](O)[C@@H](COP(=O)(NC2CCCCCC2)Oc2ccccc2)O[C@H]1n1cnc2c(OCC)nc(N)nc21. The molecule has 5 atom stereocenters. The van der Waals surface area contributed by atoms with Crippen molar-refractivity contribution in [2.75, 3.05) is 18.9 Å². The summed E-state index contributed by atoms with van der Waals surface area (Å²) in [6.45, 7) is 7.38. The van der Waals surface area contributed by atoms with Crippen LogP contribution in [0.1, 0.15) is 58.6 Å². The van der Waals surface area contributed by atoms with Gasteiger partial charge in [-0.15, -0.1) is 0 Å². The third-order valence-electron chi connectivity index (χ3n) is 7.61. The highest BCUT2D eigenvalue weighted by Gasteiger charge is 2.55. The van der Waals surface area contributed by atoms with Crippen LogP contribution in [-0.4, -0.2) is 68.3 Å². The first-order valence-electron chi connectivity index (χ1n) is 14.0. The van der Waals surface area contributed by atoms with Crippen LogP contribution in [0.4, 0.5) is 5.95 Å². The van der Waals surface area contributed by atoms with E-state index in [9.17, 15) is 9.67 Å². The van der Waals surface area contributed by atoms with E-state index in [0.29, 0.717) is 23.5 Å². The number of benzene rings is 1. The molecule has 1 aromatic carbocycles. The molecule has 41 heavy (non-hydrogen) atoms. The van der Waals surface area contributed by atoms with E-state index in [0.717, 1.165) is 38.5 Å². The van der Waals surface area contributed by atoms with Gasteiger partial charge < -0.3 is 24.8 Å². The number of nitrogens with two attached hydrogens (primary N) is 1. The fourth-order valence-electron chi connectivity index (χ4n) is 5.38. The Morgan fingerprint density at radius 3 is 2.66 bits per heavy atom.